The minimum absolute atomic E-state index is 0.100. The number of rotatable bonds is 3. The SMILES string of the molecule is C=S(F)(F)(F)c1ccc2c(c1)C1(CC(C)(C)CC(C)(C)C1)c1cc(O)c3cc(SC)c(OC)cc3c1-2. The molecular weight excluding hydrogens is 501 g/mol. The molecule has 0 saturated heterocycles. The topological polar surface area (TPSA) is 29.5 Å². The zero-order valence-corrected chi connectivity index (χ0v) is 23.2. The Bertz CT molecular complexity index is 1470. The molecule has 7 heteroatoms. The van der Waals surface area contributed by atoms with Crippen LogP contribution in [0.4, 0.5) is 11.7 Å². The van der Waals surface area contributed by atoms with Crippen molar-refractivity contribution in [2.45, 2.75) is 62.2 Å². The van der Waals surface area contributed by atoms with Gasteiger partial charge in [-0.2, -0.15) is 0 Å². The lowest BCUT2D eigenvalue weighted by molar-refractivity contribution is 0.0644. The van der Waals surface area contributed by atoms with Crippen molar-refractivity contribution in [2.75, 3.05) is 13.4 Å². The monoisotopic (exact) mass is 534 g/mol. The highest BCUT2D eigenvalue weighted by Gasteiger charge is 2.54. The highest BCUT2D eigenvalue weighted by atomic mass is 32.4. The van der Waals surface area contributed by atoms with Crippen LogP contribution in [-0.2, 0) is 5.41 Å². The van der Waals surface area contributed by atoms with E-state index in [0.29, 0.717) is 29.5 Å². The van der Waals surface area contributed by atoms with Crippen LogP contribution in [0.5, 0.6) is 11.5 Å². The molecule has 0 heterocycles. The predicted octanol–water partition coefficient (Wildman–Crippen LogP) is 9.56. The van der Waals surface area contributed by atoms with Gasteiger partial charge in [-0.25, -0.2) is 0 Å². The Balaban J connectivity index is 1.94. The molecule has 0 unspecified atom stereocenters. The van der Waals surface area contributed by atoms with Crippen molar-refractivity contribution in [3.8, 4) is 22.6 Å². The number of methoxy groups -OCH3 is 1. The van der Waals surface area contributed by atoms with Crippen LogP contribution in [0.1, 0.15) is 58.1 Å². The van der Waals surface area contributed by atoms with E-state index in [9.17, 15) is 16.8 Å². The van der Waals surface area contributed by atoms with Gasteiger partial charge in [-0.3, -0.25) is 0 Å². The Morgan fingerprint density at radius 3 is 2.11 bits per heavy atom. The Hall–Kier alpha value is -2.12. The molecule has 2 aliphatic carbocycles. The van der Waals surface area contributed by atoms with Crippen LogP contribution in [-0.4, -0.2) is 24.3 Å². The summed E-state index contributed by atoms with van der Waals surface area (Å²) in [5.74, 6) is 3.52. The van der Waals surface area contributed by atoms with Crippen molar-refractivity contribution >= 4 is 38.3 Å². The van der Waals surface area contributed by atoms with Crippen molar-refractivity contribution in [1.29, 1.82) is 0 Å². The van der Waals surface area contributed by atoms with E-state index in [1.54, 1.807) is 13.2 Å². The van der Waals surface area contributed by atoms with E-state index in [2.05, 4.69) is 33.6 Å². The fourth-order valence-electron chi connectivity index (χ4n) is 7.41. The van der Waals surface area contributed by atoms with Gasteiger partial charge in [-0.1, -0.05) is 33.8 Å². The van der Waals surface area contributed by atoms with E-state index >= 15 is 0 Å². The number of ether oxygens (including phenoxy) is 1. The molecule has 1 spiro atoms. The summed E-state index contributed by atoms with van der Waals surface area (Å²) in [5.41, 5.74) is 2.49. The molecule has 1 fully saturated rings. The summed E-state index contributed by atoms with van der Waals surface area (Å²) < 4.78 is 49.4. The van der Waals surface area contributed by atoms with Gasteiger partial charge in [0.25, 0.3) is 0 Å². The number of thioether (sulfide) groups is 1. The second kappa shape index (κ2) is 7.47. The lowest BCUT2D eigenvalue weighted by Gasteiger charge is -2.52. The zero-order valence-electron chi connectivity index (χ0n) is 21.6. The number of aromatic hydroxyl groups is 1. The lowest BCUT2D eigenvalue weighted by Crippen LogP contribution is -2.43. The van der Waals surface area contributed by atoms with E-state index in [4.69, 9.17) is 4.74 Å². The molecule has 1 N–H and O–H groups in total. The van der Waals surface area contributed by atoms with Gasteiger partial charge in [0.05, 0.1) is 12.0 Å². The van der Waals surface area contributed by atoms with Crippen LogP contribution >= 0.6 is 21.7 Å². The van der Waals surface area contributed by atoms with Crippen LogP contribution in [0.3, 0.4) is 0 Å². The van der Waals surface area contributed by atoms with Gasteiger partial charge >= 0.3 is 0 Å². The van der Waals surface area contributed by atoms with E-state index in [1.165, 1.54) is 23.9 Å². The number of phenols is 1. The first-order chi connectivity index (χ1) is 16.5. The smallest absolute Gasteiger partial charge is 0.158 e. The van der Waals surface area contributed by atoms with E-state index < -0.39 is 20.2 Å². The Labute approximate surface area is 216 Å². The summed E-state index contributed by atoms with van der Waals surface area (Å²) >= 11 is 1.52. The summed E-state index contributed by atoms with van der Waals surface area (Å²) in [6, 6.07) is 9.81. The Kier molecular flexibility index (Phi) is 5.30. The fourth-order valence-corrected chi connectivity index (χ4v) is 8.64. The van der Waals surface area contributed by atoms with Gasteiger partial charge in [-0.05, 0) is 100 Å². The molecule has 194 valence electrons. The lowest BCUT2D eigenvalue weighted by atomic mass is 9.52. The molecule has 36 heavy (non-hydrogen) atoms. The van der Waals surface area contributed by atoms with Crippen LogP contribution in [0.15, 0.2) is 46.2 Å². The maximum absolute atomic E-state index is 14.6. The number of halogens is 3. The summed E-state index contributed by atoms with van der Waals surface area (Å²) in [6.07, 6.45) is 4.32. The standard InChI is InChI=1S/C29H33F3O2S2/c1-27(2)14-28(3,4)16-29(15-27)21-10-17(36(7,30,31)32)8-9-18(21)26-20-11-24(34-5)25(35-6)12-19(20)23(33)13-22(26)29/h8-13,33H,7,14-16H2,1-6H3. The van der Waals surface area contributed by atoms with Crippen LogP contribution in [0, 0.1) is 10.8 Å². The third kappa shape index (κ3) is 3.85. The molecule has 2 aliphatic rings. The molecular formula is C29H33F3O2S2. The molecule has 3 aromatic carbocycles. The highest BCUT2D eigenvalue weighted by molar-refractivity contribution is 8.34. The number of hydrogen-bond donors (Lipinski definition) is 1. The van der Waals surface area contributed by atoms with Crippen molar-refractivity contribution in [1.82, 2.24) is 0 Å². The summed E-state index contributed by atoms with van der Waals surface area (Å²) in [5, 5.41) is 12.7. The first-order valence-electron chi connectivity index (χ1n) is 12.0. The minimum Gasteiger partial charge on any atom is -0.507 e. The van der Waals surface area contributed by atoms with Crippen molar-refractivity contribution in [3.05, 3.63) is 47.5 Å². The molecule has 0 amide bonds. The Morgan fingerprint density at radius 1 is 0.917 bits per heavy atom. The van der Waals surface area contributed by atoms with Crippen LogP contribution in [0.25, 0.3) is 21.9 Å². The molecule has 5 rings (SSSR count). The molecule has 0 radical (unpaired) electrons. The number of hydrogen-bond acceptors (Lipinski definition) is 3. The highest BCUT2D eigenvalue weighted by Crippen LogP contribution is 2.71. The van der Waals surface area contributed by atoms with Gasteiger partial charge in [0.1, 0.15) is 11.5 Å². The van der Waals surface area contributed by atoms with Gasteiger partial charge in [0.2, 0.25) is 0 Å². The number of benzene rings is 3. The molecule has 2 nitrogen and oxygen atoms in total. The molecule has 0 aliphatic heterocycles. The minimum atomic E-state index is -6.45. The summed E-state index contributed by atoms with van der Waals surface area (Å²) in [4.78, 5) is 0.249. The largest absolute Gasteiger partial charge is 0.507 e. The first kappa shape index (κ1) is 25.5. The number of phenolic OH excluding ortho intramolecular Hbond substituents is 1. The quantitative estimate of drug-likeness (QED) is 0.268. The Morgan fingerprint density at radius 2 is 1.56 bits per heavy atom. The van der Waals surface area contributed by atoms with Crippen LogP contribution in [0.2, 0.25) is 0 Å². The van der Waals surface area contributed by atoms with Gasteiger partial charge in [-0.15, -0.1) is 23.4 Å². The van der Waals surface area contributed by atoms with E-state index in [1.807, 2.05) is 24.5 Å². The van der Waals surface area contributed by atoms with E-state index in [0.717, 1.165) is 33.4 Å². The molecule has 0 aromatic heterocycles. The third-order valence-electron chi connectivity index (χ3n) is 7.86. The van der Waals surface area contributed by atoms with Gasteiger partial charge in [0, 0.05) is 15.7 Å². The second-order valence-electron chi connectivity index (χ2n) is 12.1. The van der Waals surface area contributed by atoms with Crippen LogP contribution < -0.4 is 4.74 Å². The maximum Gasteiger partial charge on any atom is 0.158 e. The molecule has 0 bridgehead atoms. The van der Waals surface area contributed by atoms with Crippen molar-refractivity contribution in [2.24, 2.45) is 10.8 Å². The maximum atomic E-state index is 14.6. The first-order valence-corrected chi connectivity index (χ1v) is 15.1. The van der Waals surface area contributed by atoms with Crippen molar-refractivity contribution < 1.29 is 21.5 Å². The normalized spacial score (nSPS) is 20.5. The molecule has 3 aromatic rings. The second-order valence-corrected chi connectivity index (χ2v) is 15.2. The summed E-state index contributed by atoms with van der Waals surface area (Å²) in [6.45, 7) is 8.80. The van der Waals surface area contributed by atoms with E-state index in [-0.39, 0.29) is 16.6 Å². The zero-order chi connectivity index (χ0) is 26.5. The molecule has 0 atom stereocenters. The summed E-state index contributed by atoms with van der Waals surface area (Å²) in [7, 11) is -4.84. The van der Waals surface area contributed by atoms with Gasteiger partial charge in [0.15, 0.2) is 9.91 Å². The van der Waals surface area contributed by atoms with Gasteiger partial charge < -0.3 is 9.84 Å². The average Bonchev–Trinajstić information content (AvgIpc) is 2.97. The average molecular weight is 535 g/mol. The predicted molar refractivity (Wildman–Crippen MR) is 148 cm³/mol. The fraction of sp³-hybridized carbons (Fsp3) is 0.414. The van der Waals surface area contributed by atoms with Crippen molar-refractivity contribution in [3.63, 3.8) is 0 Å². The third-order valence-corrected chi connectivity index (χ3v) is 9.74. The molecule has 1 saturated carbocycles. The number of fused-ring (bicyclic) bond motifs is 7.